The Kier molecular flexibility index (Phi) is 7.45. The number of aryl methyl sites for hydroxylation is 1. The third-order valence-corrected chi connectivity index (χ3v) is 6.71. The van der Waals surface area contributed by atoms with Crippen molar-refractivity contribution in [2.24, 2.45) is 0 Å². The van der Waals surface area contributed by atoms with E-state index < -0.39 is 0 Å². The second kappa shape index (κ2) is 10.7. The average molecular weight is 477 g/mol. The first-order valence-corrected chi connectivity index (χ1v) is 11.9. The highest BCUT2D eigenvalue weighted by molar-refractivity contribution is 5.96. The summed E-state index contributed by atoms with van der Waals surface area (Å²) in [6.07, 6.45) is 3.47. The Hall–Kier alpha value is -3.72. The van der Waals surface area contributed by atoms with E-state index in [0.29, 0.717) is 5.56 Å². The fraction of sp³-hybridized carbons (Fsp3) is 0.385. The highest BCUT2D eigenvalue weighted by atomic mass is 16.1. The number of carbonyl (C=O) groups excluding carboxylic acids is 2. The molecule has 1 saturated heterocycles. The molecule has 0 radical (unpaired) electrons. The van der Waals surface area contributed by atoms with Gasteiger partial charge < -0.3 is 25.3 Å². The molecule has 0 spiro atoms. The van der Waals surface area contributed by atoms with Gasteiger partial charge in [-0.25, -0.2) is 4.98 Å². The van der Waals surface area contributed by atoms with Crippen LogP contribution in [0.15, 0.2) is 35.3 Å². The Morgan fingerprint density at radius 1 is 1.17 bits per heavy atom. The molecule has 0 unspecified atom stereocenters. The van der Waals surface area contributed by atoms with Crippen LogP contribution in [0.2, 0.25) is 0 Å². The lowest BCUT2D eigenvalue weighted by Gasteiger charge is -2.35. The van der Waals surface area contributed by atoms with Gasteiger partial charge in [0.1, 0.15) is 12.6 Å². The van der Waals surface area contributed by atoms with Crippen molar-refractivity contribution in [2.45, 2.75) is 26.3 Å². The van der Waals surface area contributed by atoms with Crippen LogP contribution in [0.5, 0.6) is 0 Å². The number of nitrogens with one attached hydrogen (secondary N) is 3. The second-order valence-electron chi connectivity index (χ2n) is 8.92. The zero-order valence-electron chi connectivity index (χ0n) is 20.3. The predicted molar refractivity (Wildman–Crippen MR) is 138 cm³/mol. The lowest BCUT2D eigenvalue weighted by Crippen LogP contribution is -2.46. The van der Waals surface area contributed by atoms with Gasteiger partial charge in [0.2, 0.25) is 0 Å². The Bertz CT molecular complexity index is 1260. The van der Waals surface area contributed by atoms with Crippen molar-refractivity contribution in [2.75, 3.05) is 50.0 Å². The lowest BCUT2D eigenvalue weighted by molar-refractivity contribution is -0.0980. The number of aromatic nitrogens is 2. The van der Waals surface area contributed by atoms with Gasteiger partial charge in [-0.2, -0.15) is 0 Å². The topological polar surface area (TPSA) is 110 Å². The minimum absolute atomic E-state index is 0.0322. The van der Waals surface area contributed by atoms with Gasteiger partial charge in [0.15, 0.2) is 0 Å². The molecule has 0 bridgehead atoms. The molecule has 35 heavy (non-hydrogen) atoms. The van der Waals surface area contributed by atoms with Crippen molar-refractivity contribution in [3.8, 4) is 0 Å². The van der Waals surface area contributed by atoms with Gasteiger partial charge in [-0.15, -0.1) is 0 Å². The second-order valence-corrected chi connectivity index (χ2v) is 8.92. The summed E-state index contributed by atoms with van der Waals surface area (Å²) in [5.41, 5.74) is 5.84. The smallest absolute Gasteiger partial charge is 0.253 e. The van der Waals surface area contributed by atoms with Crippen LogP contribution in [-0.2, 0) is 17.8 Å². The summed E-state index contributed by atoms with van der Waals surface area (Å²) in [7, 11) is 1.62. The molecule has 1 amide bonds. The van der Waals surface area contributed by atoms with E-state index in [4.69, 9.17) is 4.79 Å². The minimum Gasteiger partial charge on any atom is -0.384 e. The SMILES string of the molecule is C=O.CNC(=O)c1ccc(N2CCN(Cc3cc(C)c4c5c(c(=O)[nH]c4c3)CCCN5)CC2)nc1. The third-order valence-electron chi connectivity index (χ3n) is 6.71. The summed E-state index contributed by atoms with van der Waals surface area (Å²) in [5, 5.41) is 7.22. The number of fused-ring (bicyclic) bond motifs is 3. The van der Waals surface area contributed by atoms with Crippen LogP contribution >= 0.6 is 0 Å². The lowest BCUT2D eigenvalue weighted by atomic mass is 9.97. The maximum atomic E-state index is 12.6. The van der Waals surface area contributed by atoms with E-state index in [0.717, 1.165) is 80.1 Å². The number of H-pyrrole nitrogens is 1. The van der Waals surface area contributed by atoms with Crippen LogP contribution in [0.3, 0.4) is 0 Å². The molecule has 3 N–H and O–H groups in total. The normalized spacial score (nSPS) is 15.5. The molecule has 5 rings (SSSR count). The van der Waals surface area contributed by atoms with Crippen molar-refractivity contribution in [3.63, 3.8) is 0 Å². The Labute approximate surface area is 204 Å². The molecule has 9 nitrogen and oxygen atoms in total. The van der Waals surface area contributed by atoms with E-state index in [1.165, 1.54) is 11.1 Å². The monoisotopic (exact) mass is 476 g/mol. The van der Waals surface area contributed by atoms with Gasteiger partial charge in [-0.05, 0) is 49.1 Å². The minimum atomic E-state index is -0.123. The molecule has 2 aliphatic heterocycles. The fourth-order valence-electron chi connectivity index (χ4n) is 5.00. The number of benzene rings is 1. The predicted octanol–water partition coefficient (Wildman–Crippen LogP) is 2.09. The molecule has 4 heterocycles. The first-order valence-electron chi connectivity index (χ1n) is 11.9. The van der Waals surface area contributed by atoms with Crippen LogP contribution in [0, 0.1) is 6.92 Å². The third kappa shape index (κ3) is 5.05. The number of anilines is 2. The van der Waals surface area contributed by atoms with Gasteiger partial charge in [0.25, 0.3) is 11.5 Å². The number of pyridine rings is 2. The number of amides is 1. The molecule has 0 aliphatic carbocycles. The van der Waals surface area contributed by atoms with E-state index in [9.17, 15) is 9.59 Å². The molecule has 1 fully saturated rings. The van der Waals surface area contributed by atoms with Crippen molar-refractivity contribution >= 4 is 35.1 Å². The van der Waals surface area contributed by atoms with Crippen molar-refractivity contribution < 1.29 is 9.59 Å². The van der Waals surface area contributed by atoms with Crippen molar-refractivity contribution in [1.82, 2.24) is 20.2 Å². The Morgan fingerprint density at radius 2 is 1.94 bits per heavy atom. The van der Waals surface area contributed by atoms with Crippen molar-refractivity contribution in [1.29, 1.82) is 0 Å². The van der Waals surface area contributed by atoms with Gasteiger partial charge in [-0.3, -0.25) is 14.5 Å². The molecule has 0 saturated carbocycles. The first kappa shape index (κ1) is 24.4. The van der Waals surface area contributed by atoms with Gasteiger partial charge >= 0.3 is 0 Å². The summed E-state index contributed by atoms with van der Waals surface area (Å²) >= 11 is 0. The van der Waals surface area contributed by atoms with E-state index in [2.05, 4.69) is 49.5 Å². The molecule has 1 aromatic carbocycles. The average Bonchev–Trinajstić information content (AvgIpc) is 2.90. The molecule has 2 aliphatic rings. The van der Waals surface area contributed by atoms with Crippen LogP contribution in [0.4, 0.5) is 11.5 Å². The molecular formula is C26H32N6O3. The van der Waals surface area contributed by atoms with Crippen LogP contribution < -0.4 is 21.1 Å². The molecular weight excluding hydrogens is 444 g/mol. The van der Waals surface area contributed by atoms with E-state index in [1.54, 1.807) is 13.2 Å². The Morgan fingerprint density at radius 3 is 2.63 bits per heavy atom. The van der Waals surface area contributed by atoms with E-state index in [-0.39, 0.29) is 11.5 Å². The van der Waals surface area contributed by atoms with Crippen LogP contribution in [0.25, 0.3) is 10.9 Å². The summed E-state index contributed by atoms with van der Waals surface area (Å²) in [6.45, 7) is 9.52. The van der Waals surface area contributed by atoms with Gasteiger partial charge in [-0.1, -0.05) is 6.07 Å². The maximum absolute atomic E-state index is 12.6. The molecule has 2 aromatic heterocycles. The van der Waals surface area contributed by atoms with E-state index >= 15 is 0 Å². The highest BCUT2D eigenvalue weighted by Gasteiger charge is 2.21. The largest absolute Gasteiger partial charge is 0.384 e. The van der Waals surface area contributed by atoms with Crippen molar-refractivity contribution in [3.05, 3.63) is 63.1 Å². The highest BCUT2D eigenvalue weighted by Crippen LogP contribution is 2.31. The maximum Gasteiger partial charge on any atom is 0.253 e. The number of aromatic amines is 1. The van der Waals surface area contributed by atoms with Gasteiger partial charge in [0, 0.05) is 63.5 Å². The van der Waals surface area contributed by atoms with Gasteiger partial charge in [0.05, 0.1) is 16.8 Å². The Balaban J connectivity index is 0.00000141. The number of rotatable bonds is 4. The van der Waals surface area contributed by atoms with Crippen LogP contribution in [0.1, 0.15) is 33.5 Å². The molecule has 184 valence electrons. The summed E-state index contributed by atoms with van der Waals surface area (Å²) in [5.74, 6) is 0.779. The molecule has 0 atom stereocenters. The number of hydrogen-bond donors (Lipinski definition) is 3. The number of hydrogen-bond acceptors (Lipinski definition) is 7. The zero-order chi connectivity index (χ0) is 24.9. The van der Waals surface area contributed by atoms with Crippen LogP contribution in [-0.4, -0.2) is 67.3 Å². The summed E-state index contributed by atoms with van der Waals surface area (Å²) in [6, 6.07) is 8.12. The molecule has 3 aromatic rings. The quantitative estimate of drug-likeness (QED) is 0.529. The molecule has 9 heteroatoms. The number of nitrogens with zero attached hydrogens (tertiary/aromatic N) is 3. The zero-order valence-corrected chi connectivity index (χ0v) is 20.3. The summed E-state index contributed by atoms with van der Waals surface area (Å²) < 4.78 is 0. The number of piperazine rings is 1. The van der Waals surface area contributed by atoms with E-state index in [1.807, 2.05) is 18.9 Å². The number of carbonyl (C=O) groups is 2. The fourth-order valence-corrected chi connectivity index (χ4v) is 5.00. The first-order chi connectivity index (χ1) is 17.0. The summed E-state index contributed by atoms with van der Waals surface area (Å²) in [4.78, 5) is 44.6. The standard InChI is InChI=1S/C25H30N6O2.CH2O/c1-16-12-17(13-20-22(16)23-19(25(33)29-20)4-3-7-27-23)15-30-8-10-31(11-9-30)21-6-5-18(14-28-21)24(32)26-2;1-2/h5-6,12-14,27H,3-4,7-11,15H2,1-2H3,(H,26,32)(H,29,33);1H2.